The second-order valence-electron chi connectivity index (χ2n) is 9.25. The lowest BCUT2D eigenvalue weighted by Gasteiger charge is -2.21. The Kier molecular flexibility index (Phi) is 10.6. The van der Waals surface area contributed by atoms with E-state index in [1.54, 1.807) is 36.4 Å². The van der Waals surface area contributed by atoms with Gasteiger partial charge in [0.2, 0.25) is 10.0 Å². The van der Waals surface area contributed by atoms with E-state index < -0.39 is 22.5 Å². The molecule has 0 aliphatic heterocycles. The van der Waals surface area contributed by atoms with Crippen molar-refractivity contribution < 1.29 is 22.7 Å². The Morgan fingerprint density at radius 1 is 0.949 bits per heavy atom. The third-order valence-electron chi connectivity index (χ3n) is 5.77. The van der Waals surface area contributed by atoms with Gasteiger partial charge in [-0.3, -0.25) is 13.9 Å². The lowest BCUT2D eigenvalue weighted by atomic mass is 10.0. The molecule has 3 rings (SSSR count). The standard InChI is InChI=1S/C29H34N4O5S/c1-22(2)25-11-13-26(14-12-25)33(39(3,36)37)20-28(34)32-31-19-24-9-15-27(16-10-24)38-21-29(35)30-18-17-23-7-5-4-6-8-23/h4-16,19,22H,17-18,20-21H2,1-3H3,(H,30,35)(H,32,34)/b31-19-. The third-order valence-corrected chi connectivity index (χ3v) is 6.91. The van der Waals surface area contributed by atoms with Gasteiger partial charge in [0.25, 0.3) is 11.8 Å². The topological polar surface area (TPSA) is 117 Å². The van der Waals surface area contributed by atoms with Crippen molar-refractivity contribution in [1.82, 2.24) is 10.7 Å². The lowest BCUT2D eigenvalue weighted by molar-refractivity contribution is -0.123. The van der Waals surface area contributed by atoms with Crippen LogP contribution < -0.4 is 19.8 Å². The van der Waals surface area contributed by atoms with Crippen LogP contribution in [0.3, 0.4) is 0 Å². The Hall–Kier alpha value is -4.18. The Morgan fingerprint density at radius 2 is 1.62 bits per heavy atom. The van der Waals surface area contributed by atoms with Gasteiger partial charge in [0.05, 0.1) is 18.2 Å². The van der Waals surface area contributed by atoms with E-state index in [9.17, 15) is 18.0 Å². The molecule has 3 aromatic carbocycles. The van der Waals surface area contributed by atoms with Gasteiger partial charge in [0.1, 0.15) is 12.3 Å². The van der Waals surface area contributed by atoms with Gasteiger partial charge in [-0.1, -0.05) is 56.3 Å². The van der Waals surface area contributed by atoms with Crippen molar-refractivity contribution in [3.8, 4) is 5.75 Å². The number of carbonyl (C=O) groups is 2. The molecule has 2 N–H and O–H groups in total. The largest absolute Gasteiger partial charge is 0.484 e. The van der Waals surface area contributed by atoms with E-state index in [1.165, 1.54) is 6.21 Å². The number of rotatable bonds is 13. The summed E-state index contributed by atoms with van der Waals surface area (Å²) in [7, 11) is -3.68. The van der Waals surface area contributed by atoms with Crippen LogP contribution in [0.15, 0.2) is 84.0 Å². The maximum Gasteiger partial charge on any atom is 0.260 e. The molecule has 0 aliphatic carbocycles. The van der Waals surface area contributed by atoms with Crippen LogP contribution in [-0.4, -0.2) is 52.4 Å². The fourth-order valence-electron chi connectivity index (χ4n) is 3.61. The third kappa shape index (κ3) is 9.90. The molecule has 0 heterocycles. The number of amides is 2. The Morgan fingerprint density at radius 3 is 2.23 bits per heavy atom. The van der Waals surface area contributed by atoms with Crippen molar-refractivity contribution in [1.29, 1.82) is 0 Å². The van der Waals surface area contributed by atoms with Crippen LogP contribution in [0.1, 0.15) is 36.5 Å². The molecule has 39 heavy (non-hydrogen) atoms. The van der Waals surface area contributed by atoms with E-state index in [-0.39, 0.29) is 12.5 Å². The first-order valence-electron chi connectivity index (χ1n) is 12.5. The Labute approximate surface area is 229 Å². The first-order valence-corrected chi connectivity index (χ1v) is 14.4. The molecule has 2 amide bonds. The van der Waals surface area contributed by atoms with Gasteiger partial charge in [-0.05, 0) is 65.4 Å². The predicted molar refractivity (Wildman–Crippen MR) is 154 cm³/mol. The van der Waals surface area contributed by atoms with Crippen LogP contribution in [0.25, 0.3) is 0 Å². The van der Waals surface area contributed by atoms with Gasteiger partial charge >= 0.3 is 0 Å². The average molecular weight is 551 g/mol. The van der Waals surface area contributed by atoms with Crippen molar-refractivity contribution in [3.05, 3.63) is 95.6 Å². The zero-order valence-electron chi connectivity index (χ0n) is 22.3. The predicted octanol–water partition coefficient (Wildman–Crippen LogP) is 3.46. The minimum atomic E-state index is -3.68. The summed E-state index contributed by atoms with van der Waals surface area (Å²) in [4.78, 5) is 24.4. The van der Waals surface area contributed by atoms with Crippen molar-refractivity contribution in [2.45, 2.75) is 26.2 Å². The Balaban J connectivity index is 1.44. The molecule has 0 aliphatic rings. The van der Waals surface area contributed by atoms with Crippen LogP contribution in [0.2, 0.25) is 0 Å². The monoisotopic (exact) mass is 550 g/mol. The first kappa shape index (κ1) is 29.4. The van der Waals surface area contributed by atoms with Crippen LogP contribution in [0.5, 0.6) is 5.75 Å². The van der Waals surface area contributed by atoms with Gasteiger partial charge in [-0.15, -0.1) is 0 Å². The van der Waals surface area contributed by atoms with Gasteiger partial charge in [-0.25, -0.2) is 13.8 Å². The molecule has 0 radical (unpaired) electrons. The first-order chi connectivity index (χ1) is 18.6. The molecule has 9 nitrogen and oxygen atoms in total. The number of nitrogens with one attached hydrogen (secondary N) is 2. The maximum atomic E-state index is 12.4. The van der Waals surface area contributed by atoms with Crippen molar-refractivity contribution >= 4 is 33.7 Å². The second kappa shape index (κ2) is 14.1. The molecule has 0 unspecified atom stereocenters. The summed E-state index contributed by atoms with van der Waals surface area (Å²) in [5.41, 5.74) is 5.66. The number of hydrogen-bond donors (Lipinski definition) is 2. The van der Waals surface area contributed by atoms with Crippen molar-refractivity contribution in [3.63, 3.8) is 0 Å². The summed E-state index contributed by atoms with van der Waals surface area (Å²) in [6.45, 7) is 4.11. The van der Waals surface area contributed by atoms with E-state index in [2.05, 4.69) is 15.8 Å². The van der Waals surface area contributed by atoms with E-state index in [1.807, 2.05) is 56.3 Å². The lowest BCUT2D eigenvalue weighted by Crippen LogP contribution is -2.39. The van der Waals surface area contributed by atoms with E-state index >= 15 is 0 Å². The summed E-state index contributed by atoms with van der Waals surface area (Å²) in [6.07, 6.45) is 3.23. The van der Waals surface area contributed by atoms with Crippen LogP contribution in [0.4, 0.5) is 5.69 Å². The number of nitrogens with zero attached hydrogens (tertiary/aromatic N) is 2. The van der Waals surface area contributed by atoms with E-state index in [0.717, 1.165) is 28.1 Å². The van der Waals surface area contributed by atoms with Gasteiger partial charge in [0, 0.05) is 6.54 Å². The zero-order chi connectivity index (χ0) is 28.3. The Bertz CT molecular complexity index is 1360. The molecule has 0 saturated heterocycles. The summed E-state index contributed by atoms with van der Waals surface area (Å²) >= 11 is 0. The maximum absolute atomic E-state index is 12.4. The van der Waals surface area contributed by atoms with Crippen molar-refractivity contribution in [2.75, 3.05) is 30.3 Å². The fourth-order valence-corrected chi connectivity index (χ4v) is 4.47. The zero-order valence-corrected chi connectivity index (χ0v) is 23.1. The number of carbonyl (C=O) groups excluding carboxylic acids is 2. The number of hydrogen-bond acceptors (Lipinski definition) is 6. The molecule has 0 spiro atoms. The molecular weight excluding hydrogens is 516 g/mol. The highest BCUT2D eigenvalue weighted by Gasteiger charge is 2.20. The minimum absolute atomic E-state index is 0.102. The second-order valence-corrected chi connectivity index (χ2v) is 11.2. The molecule has 0 fully saturated rings. The number of hydrazone groups is 1. The van der Waals surface area contributed by atoms with Gasteiger partial charge in [0.15, 0.2) is 6.61 Å². The molecule has 10 heteroatoms. The molecule has 206 valence electrons. The number of benzene rings is 3. The average Bonchev–Trinajstić information content (AvgIpc) is 2.91. The van der Waals surface area contributed by atoms with Gasteiger partial charge < -0.3 is 10.1 Å². The number of anilines is 1. The van der Waals surface area contributed by atoms with Crippen molar-refractivity contribution in [2.24, 2.45) is 5.10 Å². The highest BCUT2D eigenvalue weighted by atomic mass is 32.2. The quantitative estimate of drug-likeness (QED) is 0.250. The highest BCUT2D eigenvalue weighted by Crippen LogP contribution is 2.21. The number of sulfonamides is 1. The minimum Gasteiger partial charge on any atom is -0.484 e. The summed E-state index contributed by atoms with van der Waals surface area (Å²) in [5.74, 6) is 0.0291. The molecule has 0 saturated carbocycles. The summed E-state index contributed by atoms with van der Waals surface area (Å²) in [6, 6.07) is 23.8. The highest BCUT2D eigenvalue weighted by molar-refractivity contribution is 7.92. The normalized spacial score (nSPS) is 11.4. The number of ether oxygens (including phenoxy) is 1. The molecule has 0 aromatic heterocycles. The molecular formula is C29H34N4O5S. The molecule has 3 aromatic rings. The van der Waals surface area contributed by atoms with Gasteiger partial charge in [-0.2, -0.15) is 5.10 Å². The summed E-state index contributed by atoms with van der Waals surface area (Å²) in [5, 5.41) is 6.74. The molecule has 0 bridgehead atoms. The van der Waals surface area contributed by atoms with Crippen LogP contribution in [-0.2, 0) is 26.0 Å². The fraction of sp³-hybridized carbons (Fsp3) is 0.276. The van der Waals surface area contributed by atoms with Crippen LogP contribution in [0, 0.1) is 0 Å². The van der Waals surface area contributed by atoms with Crippen LogP contribution >= 0.6 is 0 Å². The SMILES string of the molecule is CC(C)c1ccc(N(CC(=O)N/N=C\c2ccc(OCC(=O)NCCc3ccccc3)cc2)S(C)(=O)=O)cc1. The summed E-state index contributed by atoms with van der Waals surface area (Å²) < 4.78 is 31.1. The van der Waals surface area contributed by atoms with E-state index in [0.29, 0.717) is 29.5 Å². The smallest absolute Gasteiger partial charge is 0.260 e. The van der Waals surface area contributed by atoms with E-state index in [4.69, 9.17) is 4.74 Å². The molecule has 0 atom stereocenters.